The van der Waals surface area contributed by atoms with Crippen LogP contribution in [0.5, 0.6) is 0 Å². The summed E-state index contributed by atoms with van der Waals surface area (Å²) < 4.78 is 1.63. The third-order valence-corrected chi connectivity index (χ3v) is 1.85. The SMILES string of the molecule is NCCCNc1ccc2nncn2n1. The van der Waals surface area contributed by atoms with Crippen molar-refractivity contribution < 1.29 is 0 Å². The second-order valence-corrected chi connectivity index (χ2v) is 2.92. The average molecular weight is 192 g/mol. The molecule has 0 aromatic carbocycles. The van der Waals surface area contributed by atoms with Gasteiger partial charge >= 0.3 is 0 Å². The maximum absolute atomic E-state index is 5.38. The van der Waals surface area contributed by atoms with E-state index in [-0.39, 0.29) is 0 Å². The van der Waals surface area contributed by atoms with Gasteiger partial charge in [0.15, 0.2) is 5.65 Å². The minimum absolute atomic E-state index is 0.682. The van der Waals surface area contributed by atoms with Gasteiger partial charge in [-0.15, -0.1) is 15.3 Å². The lowest BCUT2D eigenvalue weighted by atomic mass is 10.4. The molecule has 2 aromatic rings. The standard InChI is InChI=1S/C8H12N6/c9-4-1-5-10-7-2-3-8-12-11-6-14(8)13-7/h2-3,6H,1,4-5,9H2,(H,10,13). The fourth-order valence-corrected chi connectivity index (χ4v) is 1.14. The molecule has 74 valence electrons. The number of aromatic nitrogens is 4. The number of nitrogens with two attached hydrogens (primary N) is 1. The zero-order valence-electron chi connectivity index (χ0n) is 7.72. The summed E-state index contributed by atoms with van der Waals surface area (Å²) in [6, 6.07) is 3.74. The van der Waals surface area contributed by atoms with Gasteiger partial charge in [0.25, 0.3) is 0 Å². The molecular formula is C8H12N6. The molecule has 6 heteroatoms. The van der Waals surface area contributed by atoms with E-state index in [9.17, 15) is 0 Å². The molecule has 0 aliphatic rings. The maximum Gasteiger partial charge on any atom is 0.177 e. The van der Waals surface area contributed by atoms with Crippen LogP contribution in [0.25, 0.3) is 5.65 Å². The minimum Gasteiger partial charge on any atom is -0.369 e. The number of nitrogens with zero attached hydrogens (tertiary/aromatic N) is 4. The first-order valence-electron chi connectivity index (χ1n) is 4.51. The van der Waals surface area contributed by atoms with Crippen LogP contribution in [0.15, 0.2) is 18.5 Å². The van der Waals surface area contributed by atoms with Crippen LogP contribution in [-0.4, -0.2) is 32.9 Å². The molecule has 2 aromatic heterocycles. The van der Waals surface area contributed by atoms with Gasteiger partial charge < -0.3 is 11.1 Å². The summed E-state index contributed by atoms with van der Waals surface area (Å²) in [7, 11) is 0. The zero-order chi connectivity index (χ0) is 9.80. The van der Waals surface area contributed by atoms with E-state index in [1.165, 1.54) is 0 Å². The van der Waals surface area contributed by atoms with Crippen LogP contribution in [0.1, 0.15) is 6.42 Å². The molecule has 0 saturated carbocycles. The fraction of sp³-hybridized carbons (Fsp3) is 0.375. The van der Waals surface area contributed by atoms with E-state index >= 15 is 0 Å². The second kappa shape index (κ2) is 4.01. The first kappa shape index (κ1) is 8.89. The van der Waals surface area contributed by atoms with Crippen LogP contribution in [0.4, 0.5) is 5.82 Å². The first-order valence-corrected chi connectivity index (χ1v) is 4.51. The summed E-state index contributed by atoms with van der Waals surface area (Å²) >= 11 is 0. The van der Waals surface area contributed by atoms with Crippen molar-refractivity contribution in [2.75, 3.05) is 18.4 Å². The third kappa shape index (κ3) is 1.80. The Balaban J connectivity index is 2.10. The first-order chi connectivity index (χ1) is 6.90. The monoisotopic (exact) mass is 192 g/mol. The Hall–Kier alpha value is -1.69. The Morgan fingerprint density at radius 1 is 1.43 bits per heavy atom. The van der Waals surface area contributed by atoms with Crippen molar-refractivity contribution in [3.63, 3.8) is 0 Å². The summed E-state index contributed by atoms with van der Waals surface area (Å²) in [6.45, 7) is 1.51. The van der Waals surface area contributed by atoms with Crippen LogP contribution in [0.2, 0.25) is 0 Å². The third-order valence-electron chi connectivity index (χ3n) is 1.85. The molecule has 0 spiro atoms. The Bertz CT molecular complexity index is 409. The Morgan fingerprint density at radius 2 is 2.36 bits per heavy atom. The van der Waals surface area contributed by atoms with E-state index in [0.717, 1.165) is 24.4 Å². The van der Waals surface area contributed by atoms with Gasteiger partial charge in [-0.3, -0.25) is 0 Å². The van der Waals surface area contributed by atoms with Crippen LogP contribution < -0.4 is 11.1 Å². The molecule has 0 aliphatic heterocycles. The highest BCUT2D eigenvalue weighted by Gasteiger charge is 1.97. The van der Waals surface area contributed by atoms with Gasteiger partial charge in [-0.2, -0.15) is 4.52 Å². The van der Waals surface area contributed by atoms with Crippen molar-refractivity contribution in [1.82, 2.24) is 19.8 Å². The zero-order valence-corrected chi connectivity index (χ0v) is 7.72. The Labute approximate surface area is 81.1 Å². The molecule has 3 N–H and O–H groups in total. The predicted octanol–water partition coefficient (Wildman–Crippen LogP) is -0.115. The highest BCUT2D eigenvalue weighted by Crippen LogP contribution is 2.03. The van der Waals surface area contributed by atoms with E-state index in [1.807, 2.05) is 12.1 Å². The minimum atomic E-state index is 0.682. The number of rotatable bonds is 4. The van der Waals surface area contributed by atoms with Crippen molar-refractivity contribution in [2.45, 2.75) is 6.42 Å². The number of anilines is 1. The molecule has 0 aliphatic carbocycles. The van der Waals surface area contributed by atoms with Gasteiger partial charge in [0.05, 0.1) is 0 Å². The van der Waals surface area contributed by atoms with Gasteiger partial charge in [0, 0.05) is 6.54 Å². The Morgan fingerprint density at radius 3 is 3.21 bits per heavy atom. The fourth-order valence-electron chi connectivity index (χ4n) is 1.14. The number of nitrogens with one attached hydrogen (secondary N) is 1. The highest BCUT2D eigenvalue weighted by molar-refractivity contribution is 5.42. The van der Waals surface area contributed by atoms with E-state index in [4.69, 9.17) is 5.73 Å². The van der Waals surface area contributed by atoms with Gasteiger partial charge in [0.2, 0.25) is 0 Å². The quantitative estimate of drug-likeness (QED) is 0.660. The summed E-state index contributed by atoms with van der Waals surface area (Å²) in [5, 5.41) is 15.0. The lowest BCUT2D eigenvalue weighted by Gasteiger charge is -2.03. The topological polar surface area (TPSA) is 81.1 Å². The number of hydrogen-bond donors (Lipinski definition) is 2. The molecule has 0 amide bonds. The average Bonchev–Trinajstić information content (AvgIpc) is 2.65. The van der Waals surface area contributed by atoms with E-state index in [0.29, 0.717) is 6.54 Å². The van der Waals surface area contributed by atoms with Crippen LogP contribution in [-0.2, 0) is 0 Å². The van der Waals surface area contributed by atoms with E-state index in [1.54, 1.807) is 10.8 Å². The maximum atomic E-state index is 5.38. The van der Waals surface area contributed by atoms with Gasteiger partial charge in [0.1, 0.15) is 12.1 Å². The van der Waals surface area contributed by atoms with Crippen molar-refractivity contribution in [3.8, 4) is 0 Å². The molecule has 2 heterocycles. The number of fused-ring (bicyclic) bond motifs is 1. The van der Waals surface area contributed by atoms with Gasteiger partial charge in [-0.05, 0) is 25.1 Å². The van der Waals surface area contributed by atoms with Gasteiger partial charge in [-0.25, -0.2) is 0 Å². The van der Waals surface area contributed by atoms with Gasteiger partial charge in [-0.1, -0.05) is 0 Å². The number of hydrogen-bond acceptors (Lipinski definition) is 5. The van der Waals surface area contributed by atoms with Crippen LogP contribution in [0, 0.1) is 0 Å². The summed E-state index contributed by atoms with van der Waals surface area (Å²) in [6.07, 6.45) is 2.51. The van der Waals surface area contributed by atoms with E-state index < -0.39 is 0 Å². The molecule has 0 radical (unpaired) electrons. The predicted molar refractivity (Wildman–Crippen MR) is 52.9 cm³/mol. The molecule has 0 fully saturated rings. The van der Waals surface area contributed by atoms with Crippen molar-refractivity contribution in [3.05, 3.63) is 18.5 Å². The molecule has 14 heavy (non-hydrogen) atoms. The summed E-state index contributed by atoms with van der Waals surface area (Å²) in [5.74, 6) is 0.811. The lowest BCUT2D eigenvalue weighted by molar-refractivity contribution is 0.854. The Kier molecular flexibility index (Phi) is 2.55. The smallest absolute Gasteiger partial charge is 0.177 e. The molecule has 0 atom stereocenters. The molecule has 0 bridgehead atoms. The summed E-state index contributed by atoms with van der Waals surface area (Å²) in [4.78, 5) is 0. The van der Waals surface area contributed by atoms with Crippen molar-refractivity contribution >= 4 is 11.5 Å². The van der Waals surface area contributed by atoms with Crippen LogP contribution in [0.3, 0.4) is 0 Å². The second-order valence-electron chi connectivity index (χ2n) is 2.92. The van der Waals surface area contributed by atoms with E-state index in [2.05, 4.69) is 20.6 Å². The highest BCUT2D eigenvalue weighted by atomic mass is 15.4. The molecule has 0 saturated heterocycles. The van der Waals surface area contributed by atoms with Crippen molar-refractivity contribution in [2.24, 2.45) is 5.73 Å². The molecule has 2 rings (SSSR count). The summed E-state index contributed by atoms with van der Waals surface area (Å²) in [5.41, 5.74) is 6.13. The lowest BCUT2D eigenvalue weighted by Crippen LogP contribution is -2.10. The van der Waals surface area contributed by atoms with Crippen LogP contribution >= 0.6 is 0 Å². The molecular weight excluding hydrogens is 180 g/mol. The largest absolute Gasteiger partial charge is 0.369 e. The normalized spacial score (nSPS) is 10.6. The molecule has 0 unspecified atom stereocenters. The van der Waals surface area contributed by atoms with Crippen molar-refractivity contribution in [1.29, 1.82) is 0 Å². The molecule has 6 nitrogen and oxygen atoms in total.